The number of nitrogens with zero attached hydrogens (tertiary/aromatic N) is 3. The lowest BCUT2D eigenvalue weighted by atomic mass is 9.55. The zero-order valence-corrected chi connectivity index (χ0v) is 35.6. The Bertz CT molecular complexity index is 2040. The summed E-state index contributed by atoms with van der Waals surface area (Å²) in [5.74, 6) is -0.150. The highest BCUT2D eigenvalue weighted by atomic mass is 32.2. The first-order valence-electron chi connectivity index (χ1n) is 20.9. The minimum Gasteiger partial charge on any atom is -0.459 e. The Morgan fingerprint density at radius 3 is 2.42 bits per heavy atom. The lowest BCUT2D eigenvalue weighted by Gasteiger charge is -2.60. The van der Waals surface area contributed by atoms with Gasteiger partial charge in [0.2, 0.25) is 11.7 Å². The minimum atomic E-state index is -1.39. The minimum absolute atomic E-state index is 0.0333. The van der Waals surface area contributed by atoms with Crippen LogP contribution in [0.5, 0.6) is 17.2 Å². The number of amides is 1. The number of hydrogen-bond acceptors (Lipinski definition) is 11. The molecule has 1 heterocycles. The summed E-state index contributed by atoms with van der Waals surface area (Å²) in [7, 11) is 1.53. The highest BCUT2D eigenvalue weighted by Crippen LogP contribution is 2.62. The Kier molecular flexibility index (Phi) is 15.6. The summed E-state index contributed by atoms with van der Waals surface area (Å²) in [6.45, 7) is 6.75. The van der Waals surface area contributed by atoms with Gasteiger partial charge < -0.3 is 34.2 Å². The van der Waals surface area contributed by atoms with E-state index in [0.717, 1.165) is 41.7 Å². The fourth-order valence-electron chi connectivity index (χ4n) is 9.23. The van der Waals surface area contributed by atoms with Gasteiger partial charge in [0, 0.05) is 60.8 Å². The average molecular weight is 840 g/mol. The van der Waals surface area contributed by atoms with Crippen LogP contribution in [0, 0.1) is 27.9 Å². The predicted octanol–water partition coefficient (Wildman–Crippen LogP) is 9.32. The molecule has 0 radical (unpaired) electrons. The third-order valence-corrected chi connectivity index (χ3v) is 12.5. The summed E-state index contributed by atoms with van der Waals surface area (Å²) in [5.41, 5.74) is 3.23. The molecule has 3 aromatic rings. The zero-order valence-electron chi connectivity index (χ0n) is 34.7. The molecule has 3 aromatic carbocycles. The Hall–Kier alpha value is -4.95. The number of thioether (sulfide) groups is 1. The first-order valence-corrected chi connectivity index (χ1v) is 22.1. The second-order valence-corrected chi connectivity index (χ2v) is 16.3. The Morgan fingerprint density at radius 2 is 1.77 bits per heavy atom. The Balaban J connectivity index is 1.53. The maximum atomic E-state index is 14.6. The van der Waals surface area contributed by atoms with Crippen LogP contribution >= 0.6 is 11.8 Å². The third kappa shape index (κ3) is 9.81. The van der Waals surface area contributed by atoms with Crippen molar-refractivity contribution >= 4 is 35.1 Å². The van der Waals surface area contributed by atoms with E-state index < -0.39 is 22.7 Å². The SMILES string of the molecule is C=CCOC12Oc3ccc(Oc4ccc(SC)cc4)cc3C3C(CCCCO)C(CCCCO)C=C(C(=NOC)CC1N(CCC)C(=O)C=Cc1ccc([N+](=O)[O-])cc1)C32. The number of non-ortho nitro benzene ring substituents is 1. The zero-order chi connectivity index (χ0) is 42.6. The van der Waals surface area contributed by atoms with Gasteiger partial charge in [0.05, 0.1) is 23.2 Å². The van der Waals surface area contributed by atoms with Crippen molar-refractivity contribution in [3.8, 4) is 17.2 Å². The topological polar surface area (TPSA) is 153 Å². The maximum Gasteiger partial charge on any atom is 0.269 e. The molecule has 2 aliphatic carbocycles. The number of nitro benzene ring substituents is 1. The molecule has 0 bridgehead atoms. The van der Waals surface area contributed by atoms with Crippen LogP contribution in [0.15, 0.2) is 107 Å². The van der Waals surface area contributed by atoms with Gasteiger partial charge in [-0.2, -0.15) is 0 Å². The van der Waals surface area contributed by atoms with Gasteiger partial charge in [0.25, 0.3) is 5.69 Å². The number of aliphatic hydroxyl groups is 2. The van der Waals surface area contributed by atoms with Crippen LogP contribution in [-0.2, 0) is 14.4 Å². The summed E-state index contributed by atoms with van der Waals surface area (Å²) in [6, 6.07) is 19.3. The smallest absolute Gasteiger partial charge is 0.269 e. The van der Waals surface area contributed by atoms with Gasteiger partial charge in [-0.25, -0.2) is 0 Å². The largest absolute Gasteiger partial charge is 0.459 e. The van der Waals surface area contributed by atoms with E-state index in [0.29, 0.717) is 54.3 Å². The molecule has 13 heteroatoms. The monoisotopic (exact) mass is 839 g/mol. The van der Waals surface area contributed by atoms with Crippen molar-refractivity contribution in [2.24, 2.45) is 22.9 Å². The van der Waals surface area contributed by atoms with Gasteiger partial charge in [-0.15, -0.1) is 18.3 Å². The van der Waals surface area contributed by atoms with E-state index >= 15 is 0 Å². The van der Waals surface area contributed by atoms with E-state index in [1.807, 2.05) is 49.6 Å². The second kappa shape index (κ2) is 21.0. The molecule has 6 atom stereocenters. The summed E-state index contributed by atoms with van der Waals surface area (Å²) in [5, 5.41) is 35.7. The number of allylic oxidation sites excluding steroid dienone is 1. The molecule has 1 fully saturated rings. The van der Waals surface area contributed by atoms with Gasteiger partial charge in [0.1, 0.15) is 30.4 Å². The van der Waals surface area contributed by atoms with Gasteiger partial charge >= 0.3 is 0 Å². The molecule has 320 valence electrons. The molecular weight excluding hydrogens is 783 g/mol. The van der Waals surface area contributed by atoms with E-state index in [9.17, 15) is 25.1 Å². The summed E-state index contributed by atoms with van der Waals surface area (Å²) < 4.78 is 20.8. The van der Waals surface area contributed by atoms with Crippen molar-refractivity contribution in [2.45, 2.75) is 80.9 Å². The summed E-state index contributed by atoms with van der Waals surface area (Å²) in [4.78, 5) is 33.9. The molecule has 0 saturated heterocycles. The van der Waals surface area contributed by atoms with Gasteiger partial charge in [-0.05, 0) is 122 Å². The number of hydrogen-bond donors (Lipinski definition) is 2. The normalized spacial score (nSPS) is 23.6. The molecule has 1 saturated carbocycles. The number of carbonyl (C=O) groups excluding carboxylic acids is 1. The molecule has 6 unspecified atom stereocenters. The van der Waals surface area contributed by atoms with Crippen molar-refractivity contribution in [1.82, 2.24) is 4.90 Å². The quantitative estimate of drug-likeness (QED) is 0.0265. The highest BCUT2D eigenvalue weighted by molar-refractivity contribution is 7.98. The van der Waals surface area contributed by atoms with Crippen LogP contribution in [0.1, 0.15) is 75.3 Å². The van der Waals surface area contributed by atoms with Crippen molar-refractivity contribution in [2.75, 3.05) is 39.7 Å². The molecule has 0 aromatic heterocycles. The fraction of sp³-hybridized carbons (Fsp3) is 0.447. The lowest BCUT2D eigenvalue weighted by molar-refractivity contribution is -0.384. The van der Waals surface area contributed by atoms with Gasteiger partial charge in [0.15, 0.2) is 0 Å². The first-order chi connectivity index (χ1) is 29.2. The summed E-state index contributed by atoms with van der Waals surface area (Å²) in [6.07, 6.45) is 14.7. The van der Waals surface area contributed by atoms with Crippen LogP contribution in [0.4, 0.5) is 5.69 Å². The number of benzene rings is 3. The molecule has 1 aliphatic heterocycles. The fourth-order valence-corrected chi connectivity index (χ4v) is 9.64. The van der Waals surface area contributed by atoms with E-state index in [1.165, 1.54) is 25.3 Å². The van der Waals surface area contributed by atoms with Crippen molar-refractivity contribution < 1.29 is 39.0 Å². The van der Waals surface area contributed by atoms with Crippen molar-refractivity contribution in [1.29, 1.82) is 0 Å². The predicted molar refractivity (Wildman–Crippen MR) is 234 cm³/mol. The maximum absolute atomic E-state index is 14.6. The van der Waals surface area contributed by atoms with Gasteiger partial charge in [-0.1, -0.05) is 37.1 Å². The molecule has 12 nitrogen and oxygen atoms in total. The number of fused-ring (bicyclic) bond motifs is 2. The number of oxime groups is 1. The molecule has 0 spiro atoms. The standard InChI is InChI=1S/C47H57N3O9S/c1-5-25-49(44(53)24-15-32-13-16-34(17-14-32)50(54)55)43-31-41(48-56-3)39-29-33(11-7-9-26-51)38(12-8-10-27-52)45-40-30-36(58-35-18-21-37(60-4)22-19-35)20-23-42(40)59-47(43,46(39)45)57-28-6-2/h6,13-24,29-30,33,38,43,45-46,51-52H,2,5,7-12,25-28,31H2,1,3-4H3. The van der Waals surface area contributed by atoms with E-state index in [1.54, 1.807) is 40.9 Å². The van der Waals surface area contributed by atoms with E-state index in [-0.39, 0.29) is 55.6 Å². The Morgan fingerprint density at radius 1 is 1.05 bits per heavy atom. The van der Waals surface area contributed by atoms with Crippen LogP contribution in [0.2, 0.25) is 0 Å². The van der Waals surface area contributed by atoms with Crippen LogP contribution in [0.25, 0.3) is 6.08 Å². The van der Waals surface area contributed by atoms with Gasteiger partial charge in [-0.3, -0.25) is 14.9 Å². The Labute approximate surface area is 357 Å². The number of rotatable bonds is 21. The number of aliphatic hydroxyl groups excluding tert-OH is 2. The molecule has 3 aliphatic rings. The molecule has 6 rings (SSSR count). The third-order valence-electron chi connectivity index (χ3n) is 11.8. The number of ether oxygens (including phenoxy) is 3. The van der Waals surface area contributed by atoms with Crippen molar-refractivity contribution in [3.05, 3.63) is 118 Å². The molecule has 1 amide bonds. The number of unbranched alkanes of at least 4 members (excludes halogenated alkanes) is 2. The number of nitro groups is 1. The van der Waals surface area contributed by atoms with Crippen LogP contribution in [0.3, 0.4) is 0 Å². The number of carbonyl (C=O) groups is 1. The molecule has 2 N–H and O–H groups in total. The van der Waals surface area contributed by atoms with E-state index in [2.05, 4.69) is 23.9 Å². The average Bonchev–Trinajstić information content (AvgIpc) is 3.26. The highest BCUT2D eigenvalue weighted by Gasteiger charge is 2.65. The molecular formula is C47H57N3O9S. The first kappa shape index (κ1) is 44.6. The van der Waals surface area contributed by atoms with Crippen LogP contribution in [-0.4, -0.2) is 83.2 Å². The summed E-state index contributed by atoms with van der Waals surface area (Å²) >= 11 is 1.66. The van der Waals surface area contributed by atoms with Crippen molar-refractivity contribution in [3.63, 3.8) is 0 Å². The second-order valence-electron chi connectivity index (χ2n) is 15.4. The lowest BCUT2D eigenvalue weighted by Crippen LogP contribution is -2.70. The van der Waals surface area contributed by atoms with Crippen LogP contribution < -0.4 is 9.47 Å². The molecule has 60 heavy (non-hydrogen) atoms. The van der Waals surface area contributed by atoms with E-state index in [4.69, 9.17) is 19.0 Å².